The van der Waals surface area contributed by atoms with Gasteiger partial charge >= 0.3 is 0 Å². The van der Waals surface area contributed by atoms with Gasteiger partial charge < -0.3 is 15.0 Å². The Bertz CT molecular complexity index is 636. The molecule has 0 radical (unpaired) electrons. The summed E-state index contributed by atoms with van der Waals surface area (Å²) < 4.78 is 1.89. The topological polar surface area (TPSA) is 104 Å². The molecule has 0 aliphatic carbocycles. The predicted molar refractivity (Wildman–Crippen MR) is 85.4 cm³/mol. The third-order valence-electron chi connectivity index (χ3n) is 3.19. The minimum absolute atomic E-state index is 0. The predicted octanol–water partition coefficient (Wildman–Crippen LogP) is 1.10. The third kappa shape index (κ3) is 4.41. The van der Waals surface area contributed by atoms with Gasteiger partial charge in [-0.15, -0.1) is 0 Å². The van der Waals surface area contributed by atoms with E-state index in [0.717, 1.165) is 5.69 Å². The van der Waals surface area contributed by atoms with Crippen LogP contribution in [0.15, 0.2) is 48.8 Å². The average Bonchev–Trinajstić information content (AvgIpc) is 3.06. The second-order valence-corrected chi connectivity index (χ2v) is 4.80. The van der Waals surface area contributed by atoms with Gasteiger partial charge in [0.1, 0.15) is 6.04 Å². The van der Waals surface area contributed by atoms with Gasteiger partial charge in [0.05, 0.1) is 6.10 Å². The molecule has 0 aliphatic rings. The maximum atomic E-state index is 12.1. The first-order chi connectivity index (χ1) is 10.5. The maximum absolute atomic E-state index is 12.1. The number of carbonyl (C=O) groups is 2. The van der Waals surface area contributed by atoms with Gasteiger partial charge in [-0.1, -0.05) is 7.43 Å². The van der Waals surface area contributed by atoms with Crippen LogP contribution in [0.2, 0.25) is 0 Å². The van der Waals surface area contributed by atoms with Crippen molar-refractivity contribution in [2.24, 2.45) is 0 Å². The number of aliphatic hydroxyl groups excluding tert-OH is 1. The van der Waals surface area contributed by atoms with Gasteiger partial charge in [0.15, 0.2) is 0 Å². The summed E-state index contributed by atoms with van der Waals surface area (Å²) in [5, 5.41) is 20.5. The van der Waals surface area contributed by atoms with Crippen molar-refractivity contribution in [2.75, 3.05) is 0 Å². The zero-order valence-corrected chi connectivity index (χ0v) is 11.9. The fourth-order valence-corrected chi connectivity index (χ4v) is 1.99. The summed E-state index contributed by atoms with van der Waals surface area (Å²) in [6, 6.07) is 9.29. The zero-order chi connectivity index (χ0) is 16.1. The quantitative estimate of drug-likeness (QED) is 0.489. The van der Waals surface area contributed by atoms with Gasteiger partial charge in [-0.3, -0.25) is 14.8 Å². The van der Waals surface area contributed by atoms with E-state index in [1.54, 1.807) is 24.3 Å². The molecule has 1 heterocycles. The number of amides is 2. The molecular formula is C16H21N3O4. The highest BCUT2D eigenvalue weighted by atomic mass is 16.5. The highest BCUT2D eigenvalue weighted by Gasteiger charge is 2.25. The average molecular weight is 319 g/mol. The van der Waals surface area contributed by atoms with Crippen molar-refractivity contribution in [1.82, 2.24) is 15.4 Å². The molecule has 2 atom stereocenters. The molecule has 7 nitrogen and oxygen atoms in total. The lowest BCUT2D eigenvalue weighted by molar-refractivity contribution is -0.133. The highest BCUT2D eigenvalue weighted by Crippen LogP contribution is 2.10. The molecule has 0 saturated carbocycles. The number of rotatable bonds is 5. The Morgan fingerprint density at radius 1 is 1.13 bits per heavy atom. The van der Waals surface area contributed by atoms with Crippen LogP contribution < -0.4 is 10.8 Å². The van der Waals surface area contributed by atoms with Crippen molar-refractivity contribution in [3.8, 4) is 5.69 Å². The summed E-state index contributed by atoms with van der Waals surface area (Å²) in [5.41, 5.74) is 2.64. The van der Waals surface area contributed by atoms with Gasteiger partial charge in [0.2, 0.25) is 0 Å². The molecule has 0 spiro atoms. The molecule has 0 aliphatic heterocycles. The number of carbonyl (C=O) groups excluding carboxylic acids is 2. The largest absolute Gasteiger partial charge is 0.391 e. The molecule has 1 aromatic carbocycles. The first kappa shape index (κ1) is 18.4. The number of nitrogens with zero attached hydrogens (tertiary/aromatic N) is 1. The van der Waals surface area contributed by atoms with Crippen molar-refractivity contribution in [3.63, 3.8) is 0 Å². The van der Waals surface area contributed by atoms with Crippen LogP contribution in [-0.2, 0) is 4.79 Å². The molecule has 0 unspecified atom stereocenters. The molecule has 2 rings (SSSR count). The van der Waals surface area contributed by atoms with Crippen LogP contribution in [-0.4, -0.2) is 38.8 Å². The Morgan fingerprint density at radius 3 is 2.17 bits per heavy atom. The second-order valence-electron chi connectivity index (χ2n) is 4.80. The molecular weight excluding hydrogens is 298 g/mol. The monoisotopic (exact) mass is 319 g/mol. The van der Waals surface area contributed by atoms with Crippen molar-refractivity contribution >= 4 is 11.8 Å². The molecule has 2 amide bonds. The van der Waals surface area contributed by atoms with Gasteiger partial charge in [-0.05, 0) is 43.3 Å². The standard InChI is InChI=1S/C15H17N3O4.CH4/c1-10(19)13(15(21)17-22)16-14(20)11-4-6-12(7-5-11)18-8-2-3-9-18;/h2-10,13,19,22H,1H3,(H,16,20)(H,17,21);1H4/t10-,13+;/m1./s1. The first-order valence-electron chi connectivity index (χ1n) is 6.69. The zero-order valence-electron chi connectivity index (χ0n) is 11.9. The third-order valence-corrected chi connectivity index (χ3v) is 3.19. The molecule has 7 heteroatoms. The smallest absolute Gasteiger partial charge is 0.268 e. The molecule has 0 bridgehead atoms. The summed E-state index contributed by atoms with van der Waals surface area (Å²) >= 11 is 0. The van der Waals surface area contributed by atoms with E-state index in [-0.39, 0.29) is 7.43 Å². The summed E-state index contributed by atoms with van der Waals surface area (Å²) in [4.78, 5) is 23.5. The van der Waals surface area contributed by atoms with E-state index in [1.807, 2.05) is 29.1 Å². The fraction of sp³-hybridized carbons (Fsp3) is 0.250. The Kier molecular flexibility index (Phi) is 6.49. The number of benzene rings is 1. The molecule has 4 N–H and O–H groups in total. The SMILES string of the molecule is C.C[C@@H](O)[C@H](NC(=O)c1ccc(-n2cccc2)cc1)C(=O)NO. The number of hydrogen-bond donors (Lipinski definition) is 4. The summed E-state index contributed by atoms with van der Waals surface area (Å²) in [6.45, 7) is 1.34. The van der Waals surface area contributed by atoms with Crippen LogP contribution in [0.5, 0.6) is 0 Å². The molecule has 124 valence electrons. The normalized spacial score (nSPS) is 12.7. The van der Waals surface area contributed by atoms with E-state index in [1.165, 1.54) is 12.4 Å². The van der Waals surface area contributed by atoms with E-state index in [9.17, 15) is 14.7 Å². The molecule has 2 aromatic rings. The van der Waals surface area contributed by atoms with Crippen molar-refractivity contribution < 1.29 is 19.9 Å². The Hall–Kier alpha value is -2.64. The van der Waals surface area contributed by atoms with Crippen molar-refractivity contribution in [3.05, 3.63) is 54.4 Å². The summed E-state index contributed by atoms with van der Waals surface area (Å²) in [5.74, 6) is -1.40. The van der Waals surface area contributed by atoms with Crippen LogP contribution in [0.25, 0.3) is 5.69 Å². The van der Waals surface area contributed by atoms with E-state index < -0.39 is 24.0 Å². The minimum atomic E-state index is -1.23. The van der Waals surface area contributed by atoms with E-state index in [0.29, 0.717) is 5.56 Å². The van der Waals surface area contributed by atoms with E-state index in [4.69, 9.17) is 5.21 Å². The lowest BCUT2D eigenvalue weighted by atomic mass is 10.1. The highest BCUT2D eigenvalue weighted by molar-refractivity contribution is 5.97. The van der Waals surface area contributed by atoms with Crippen molar-refractivity contribution in [1.29, 1.82) is 0 Å². The summed E-state index contributed by atoms with van der Waals surface area (Å²) in [7, 11) is 0. The number of nitrogens with one attached hydrogen (secondary N) is 2. The number of hydrogen-bond acceptors (Lipinski definition) is 4. The lowest BCUT2D eigenvalue weighted by Crippen LogP contribution is -2.51. The van der Waals surface area contributed by atoms with E-state index in [2.05, 4.69) is 5.32 Å². The molecule has 0 saturated heterocycles. The fourth-order valence-electron chi connectivity index (χ4n) is 1.99. The number of aliphatic hydroxyl groups is 1. The van der Waals surface area contributed by atoms with Gasteiger partial charge in [0.25, 0.3) is 11.8 Å². The van der Waals surface area contributed by atoms with E-state index >= 15 is 0 Å². The first-order valence-corrected chi connectivity index (χ1v) is 6.69. The summed E-state index contributed by atoms with van der Waals surface area (Å²) in [6.07, 6.45) is 2.61. The Balaban J connectivity index is 0.00000264. The van der Waals surface area contributed by atoms with Crippen molar-refractivity contribution in [2.45, 2.75) is 26.5 Å². The van der Waals surface area contributed by atoms with Crippen LogP contribution in [0.1, 0.15) is 24.7 Å². The Labute approximate surface area is 134 Å². The number of hydroxylamine groups is 1. The van der Waals surface area contributed by atoms with Crippen LogP contribution in [0, 0.1) is 0 Å². The van der Waals surface area contributed by atoms with Crippen LogP contribution in [0.3, 0.4) is 0 Å². The van der Waals surface area contributed by atoms with Gasteiger partial charge in [0, 0.05) is 23.6 Å². The number of aromatic nitrogens is 1. The van der Waals surface area contributed by atoms with Crippen LogP contribution >= 0.6 is 0 Å². The lowest BCUT2D eigenvalue weighted by Gasteiger charge is -2.19. The van der Waals surface area contributed by atoms with Gasteiger partial charge in [-0.2, -0.15) is 0 Å². The van der Waals surface area contributed by atoms with Crippen LogP contribution in [0.4, 0.5) is 0 Å². The molecule has 0 fully saturated rings. The molecule has 23 heavy (non-hydrogen) atoms. The Morgan fingerprint density at radius 2 is 1.70 bits per heavy atom. The maximum Gasteiger partial charge on any atom is 0.268 e. The molecule has 1 aromatic heterocycles. The van der Waals surface area contributed by atoms with Gasteiger partial charge in [-0.25, -0.2) is 5.48 Å². The minimum Gasteiger partial charge on any atom is -0.391 e. The second kappa shape index (κ2) is 8.11.